The Labute approximate surface area is 140 Å². The maximum Gasteiger partial charge on any atom is 0.573 e. The molecule has 0 radical (unpaired) electrons. The molecular formula is C14H11Cl2F4NO2. The molecule has 2 aromatic rings. The number of hydrogen-bond acceptors (Lipinski definition) is 3. The summed E-state index contributed by atoms with van der Waals surface area (Å²) >= 11 is 5.59. The van der Waals surface area contributed by atoms with Gasteiger partial charge in [0.15, 0.2) is 0 Å². The van der Waals surface area contributed by atoms with E-state index < -0.39 is 34.7 Å². The molecule has 0 spiro atoms. The summed E-state index contributed by atoms with van der Waals surface area (Å²) in [7, 11) is 0. The number of nitrogens with two attached hydrogens (primary N) is 1. The first-order valence-corrected chi connectivity index (χ1v) is 6.35. The van der Waals surface area contributed by atoms with Crippen molar-refractivity contribution in [2.75, 3.05) is 0 Å². The smallest absolute Gasteiger partial charge is 0.506 e. The Morgan fingerprint density at radius 2 is 1.65 bits per heavy atom. The van der Waals surface area contributed by atoms with Gasteiger partial charge in [-0.05, 0) is 23.8 Å². The number of rotatable bonds is 3. The zero-order valence-corrected chi connectivity index (χ0v) is 12.8. The lowest BCUT2D eigenvalue weighted by Crippen LogP contribution is -2.17. The van der Waals surface area contributed by atoms with Gasteiger partial charge in [-0.2, -0.15) is 0 Å². The summed E-state index contributed by atoms with van der Waals surface area (Å²) in [4.78, 5) is 0. The van der Waals surface area contributed by atoms with Gasteiger partial charge in [-0.15, -0.1) is 25.6 Å². The van der Waals surface area contributed by atoms with Gasteiger partial charge in [0, 0.05) is 5.56 Å². The molecule has 9 heteroatoms. The van der Waals surface area contributed by atoms with E-state index in [-0.39, 0.29) is 18.0 Å². The minimum Gasteiger partial charge on any atom is -0.506 e. The van der Waals surface area contributed by atoms with E-state index in [0.717, 1.165) is 18.2 Å². The van der Waals surface area contributed by atoms with E-state index in [1.54, 1.807) is 0 Å². The van der Waals surface area contributed by atoms with Gasteiger partial charge >= 0.3 is 6.36 Å². The molecule has 0 aliphatic rings. The molecule has 2 rings (SSSR count). The Hall–Kier alpha value is -1.70. The molecule has 0 amide bonds. The number of ether oxygens (including phenoxy) is 1. The third kappa shape index (κ3) is 4.63. The number of hydrogen-bond donors (Lipinski definition) is 2. The summed E-state index contributed by atoms with van der Waals surface area (Å²) in [6.07, 6.45) is -4.79. The molecule has 0 aliphatic carbocycles. The fraction of sp³-hybridized carbons (Fsp3) is 0.143. The van der Waals surface area contributed by atoms with Crippen molar-refractivity contribution in [3.63, 3.8) is 0 Å². The zero-order chi connectivity index (χ0) is 16.5. The fourth-order valence-electron chi connectivity index (χ4n) is 1.86. The van der Waals surface area contributed by atoms with E-state index >= 15 is 0 Å². The van der Waals surface area contributed by atoms with Crippen LogP contribution in [-0.4, -0.2) is 11.5 Å². The Kier molecular flexibility index (Phi) is 6.10. The van der Waals surface area contributed by atoms with Crippen LogP contribution in [0, 0.1) is 5.82 Å². The minimum atomic E-state index is -4.79. The van der Waals surface area contributed by atoms with E-state index in [1.807, 2.05) is 0 Å². The van der Waals surface area contributed by atoms with E-state index in [1.165, 1.54) is 18.2 Å². The lowest BCUT2D eigenvalue weighted by atomic mass is 9.98. The Balaban J connectivity index is 0.00000264. The first kappa shape index (κ1) is 19.3. The molecule has 0 saturated heterocycles. The van der Waals surface area contributed by atoms with Gasteiger partial charge in [0.05, 0.1) is 6.04 Å². The van der Waals surface area contributed by atoms with Crippen LogP contribution in [0.3, 0.4) is 0 Å². The number of phenols is 1. The van der Waals surface area contributed by atoms with Crippen LogP contribution in [0.25, 0.3) is 0 Å². The van der Waals surface area contributed by atoms with Gasteiger partial charge in [0.25, 0.3) is 0 Å². The van der Waals surface area contributed by atoms with Crippen LogP contribution in [0.4, 0.5) is 17.6 Å². The largest absolute Gasteiger partial charge is 0.573 e. The molecule has 3 N–H and O–H groups in total. The third-order valence-electron chi connectivity index (χ3n) is 2.91. The van der Waals surface area contributed by atoms with Gasteiger partial charge < -0.3 is 15.6 Å². The number of halogens is 6. The highest BCUT2D eigenvalue weighted by Crippen LogP contribution is 2.35. The summed E-state index contributed by atoms with van der Waals surface area (Å²) in [5, 5.41) is 9.32. The standard InChI is InChI=1S/C14H10ClF4NO2.ClH/c15-11-10(16)6-5-9(13(11)21)12(20)7-1-3-8(4-2-7)22-14(17,18)19;/h1-6,12,21H,20H2;1H/t12-;/m0./s1. The molecular weight excluding hydrogens is 361 g/mol. The van der Waals surface area contributed by atoms with Gasteiger partial charge in [0.1, 0.15) is 22.3 Å². The molecule has 0 unspecified atom stereocenters. The molecule has 23 heavy (non-hydrogen) atoms. The van der Waals surface area contributed by atoms with Crippen molar-refractivity contribution < 1.29 is 27.4 Å². The summed E-state index contributed by atoms with van der Waals surface area (Å²) in [6.45, 7) is 0. The van der Waals surface area contributed by atoms with Crippen LogP contribution in [0.5, 0.6) is 11.5 Å². The Morgan fingerprint density at radius 3 is 2.17 bits per heavy atom. The van der Waals surface area contributed by atoms with Gasteiger partial charge in [0.2, 0.25) is 0 Å². The molecule has 1 atom stereocenters. The Bertz CT molecular complexity index is 678. The van der Waals surface area contributed by atoms with Crippen molar-refractivity contribution in [1.82, 2.24) is 0 Å². The van der Waals surface area contributed by atoms with Crippen molar-refractivity contribution >= 4 is 24.0 Å². The van der Waals surface area contributed by atoms with Crippen molar-refractivity contribution in [3.05, 3.63) is 58.4 Å². The van der Waals surface area contributed by atoms with Crippen LogP contribution in [0.2, 0.25) is 5.02 Å². The fourth-order valence-corrected chi connectivity index (χ4v) is 2.03. The normalized spacial score (nSPS) is 12.4. The minimum absolute atomic E-state index is 0. The van der Waals surface area contributed by atoms with E-state index in [0.29, 0.717) is 5.56 Å². The highest BCUT2D eigenvalue weighted by molar-refractivity contribution is 6.32. The van der Waals surface area contributed by atoms with E-state index in [9.17, 15) is 22.7 Å². The predicted octanol–water partition coefficient (Wildman–Crippen LogP) is 4.55. The van der Waals surface area contributed by atoms with Crippen LogP contribution in [0.1, 0.15) is 17.2 Å². The molecule has 0 heterocycles. The van der Waals surface area contributed by atoms with Crippen molar-refractivity contribution in [1.29, 1.82) is 0 Å². The van der Waals surface area contributed by atoms with Crippen LogP contribution < -0.4 is 10.5 Å². The monoisotopic (exact) mass is 371 g/mol. The number of phenolic OH excluding ortho intramolecular Hbond substituents is 1. The molecule has 0 aromatic heterocycles. The average molecular weight is 372 g/mol. The van der Waals surface area contributed by atoms with Crippen molar-refractivity contribution in [2.24, 2.45) is 5.73 Å². The zero-order valence-electron chi connectivity index (χ0n) is 11.3. The van der Waals surface area contributed by atoms with E-state index in [4.69, 9.17) is 17.3 Å². The average Bonchev–Trinajstić information content (AvgIpc) is 2.43. The topological polar surface area (TPSA) is 55.5 Å². The molecule has 0 saturated carbocycles. The quantitative estimate of drug-likeness (QED) is 0.778. The van der Waals surface area contributed by atoms with Crippen molar-refractivity contribution in [3.8, 4) is 11.5 Å². The first-order chi connectivity index (χ1) is 10.2. The third-order valence-corrected chi connectivity index (χ3v) is 3.27. The molecule has 0 aliphatic heterocycles. The van der Waals surface area contributed by atoms with Crippen molar-refractivity contribution in [2.45, 2.75) is 12.4 Å². The van der Waals surface area contributed by atoms with E-state index in [2.05, 4.69) is 4.74 Å². The first-order valence-electron chi connectivity index (χ1n) is 5.97. The lowest BCUT2D eigenvalue weighted by Gasteiger charge is -2.16. The lowest BCUT2D eigenvalue weighted by molar-refractivity contribution is -0.274. The maximum atomic E-state index is 13.2. The number of alkyl halides is 3. The van der Waals surface area contributed by atoms with Gasteiger partial charge in [-0.25, -0.2) is 4.39 Å². The van der Waals surface area contributed by atoms with Crippen LogP contribution >= 0.6 is 24.0 Å². The second-order valence-corrected chi connectivity index (χ2v) is 4.77. The highest BCUT2D eigenvalue weighted by Gasteiger charge is 2.31. The highest BCUT2D eigenvalue weighted by atomic mass is 35.5. The second kappa shape index (κ2) is 7.25. The predicted molar refractivity (Wildman–Crippen MR) is 79.5 cm³/mol. The summed E-state index contributed by atoms with van der Waals surface area (Å²) in [6, 6.07) is 6.19. The maximum absolute atomic E-state index is 13.2. The van der Waals surface area contributed by atoms with Gasteiger partial charge in [-0.1, -0.05) is 29.8 Å². The summed E-state index contributed by atoms with van der Waals surface area (Å²) < 4.78 is 53.1. The summed E-state index contributed by atoms with van der Waals surface area (Å²) in [5.74, 6) is -1.71. The molecule has 126 valence electrons. The molecule has 0 bridgehead atoms. The van der Waals surface area contributed by atoms with Gasteiger partial charge in [-0.3, -0.25) is 0 Å². The number of aromatic hydroxyl groups is 1. The van der Waals surface area contributed by atoms with Crippen LogP contribution in [-0.2, 0) is 0 Å². The SMILES string of the molecule is Cl.N[C@@H](c1ccc(OC(F)(F)F)cc1)c1ccc(F)c(Cl)c1O. The molecule has 2 aromatic carbocycles. The number of benzene rings is 2. The van der Waals surface area contributed by atoms with Crippen LogP contribution in [0.15, 0.2) is 36.4 Å². The Morgan fingerprint density at radius 1 is 1.09 bits per heavy atom. The molecule has 3 nitrogen and oxygen atoms in total. The summed E-state index contributed by atoms with van der Waals surface area (Å²) in [5.41, 5.74) is 6.45. The second-order valence-electron chi connectivity index (χ2n) is 4.39. The molecule has 0 fully saturated rings.